The Morgan fingerprint density at radius 1 is 1.03 bits per heavy atom. The molecule has 5 N–H and O–H groups in total. The number of aliphatic hydroxyl groups is 2. The molecule has 8 heteroatoms. The number of hydrogen-bond acceptors (Lipinski definition) is 6. The number of rotatable bonds is 7. The first-order valence-corrected chi connectivity index (χ1v) is 11.3. The van der Waals surface area contributed by atoms with Crippen molar-refractivity contribution in [2.24, 2.45) is 0 Å². The topological polar surface area (TPSA) is 128 Å². The summed E-state index contributed by atoms with van der Waals surface area (Å²) in [6, 6.07) is 12.3. The van der Waals surface area contributed by atoms with E-state index < -0.39 is 30.4 Å². The van der Waals surface area contributed by atoms with Gasteiger partial charge in [-0.2, -0.15) is 0 Å². The first kappa shape index (κ1) is 25.7. The van der Waals surface area contributed by atoms with Gasteiger partial charge < -0.3 is 26.2 Å². The predicted molar refractivity (Wildman–Crippen MR) is 131 cm³/mol. The molecule has 8 nitrogen and oxygen atoms in total. The van der Waals surface area contributed by atoms with E-state index in [1.165, 1.54) is 6.92 Å². The fourth-order valence-corrected chi connectivity index (χ4v) is 3.48. The molecule has 0 unspecified atom stereocenters. The summed E-state index contributed by atoms with van der Waals surface area (Å²) in [6.45, 7) is 1.45. The Balaban J connectivity index is 1.55. The second-order valence-corrected chi connectivity index (χ2v) is 8.11. The Morgan fingerprint density at radius 3 is 2.14 bits per heavy atom. The summed E-state index contributed by atoms with van der Waals surface area (Å²) in [5, 5.41) is 27.1. The van der Waals surface area contributed by atoms with Gasteiger partial charge in [0.25, 0.3) is 5.91 Å². The minimum Gasteiger partial charge on any atom is -0.391 e. The van der Waals surface area contributed by atoms with E-state index in [0.29, 0.717) is 11.3 Å². The Hall–Kier alpha value is -3.95. The molecule has 3 rings (SSSR count). The van der Waals surface area contributed by atoms with Gasteiger partial charge in [0.2, 0.25) is 5.91 Å². The Morgan fingerprint density at radius 2 is 1.63 bits per heavy atom. The number of aliphatic hydroxyl groups excluding tert-OH is 2. The highest BCUT2D eigenvalue weighted by atomic mass is 16.3. The van der Waals surface area contributed by atoms with Gasteiger partial charge in [0, 0.05) is 22.4 Å². The largest absolute Gasteiger partial charge is 0.391 e. The van der Waals surface area contributed by atoms with Crippen molar-refractivity contribution >= 4 is 23.3 Å². The van der Waals surface area contributed by atoms with Gasteiger partial charge >= 0.3 is 0 Å². The molecule has 0 radical (unpaired) electrons. The lowest BCUT2D eigenvalue weighted by Crippen LogP contribution is -2.48. The van der Waals surface area contributed by atoms with Crippen molar-refractivity contribution in [1.82, 2.24) is 10.6 Å². The van der Waals surface area contributed by atoms with Crippen molar-refractivity contribution in [2.45, 2.75) is 38.0 Å². The molecule has 1 fully saturated rings. The standard InChI is InChI=1S/C27H27N3O5/c1-18(32)25(24(33)17-31)30-26(34)21-12-8-19(9-13-21)5-2-3-6-20-10-14-22(15-11-20)29-27(35)23-7-4-16-28-23/h8-15,18,23,25,28,31-32H,4,7,16-17H2,1H3,(H,29,35)(H,30,34)/t18-,23+,25+/m1/s1. The van der Waals surface area contributed by atoms with Gasteiger partial charge in [-0.1, -0.05) is 11.8 Å². The predicted octanol–water partition coefficient (Wildman–Crippen LogP) is 0.821. The molecule has 35 heavy (non-hydrogen) atoms. The number of ketones is 1. The minimum absolute atomic E-state index is 0.0304. The average Bonchev–Trinajstić information content (AvgIpc) is 3.41. The second kappa shape index (κ2) is 12.5. The molecule has 1 aliphatic rings. The van der Waals surface area contributed by atoms with E-state index in [-0.39, 0.29) is 17.5 Å². The van der Waals surface area contributed by atoms with Crippen molar-refractivity contribution in [3.05, 3.63) is 65.2 Å². The molecule has 1 heterocycles. The van der Waals surface area contributed by atoms with Gasteiger partial charge in [0.05, 0.1) is 12.1 Å². The summed E-state index contributed by atoms with van der Waals surface area (Å²) in [5.41, 5.74) is 2.40. The molecule has 1 aliphatic heterocycles. The number of anilines is 1. The van der Waals surface area contributed by atoms with Crippen molar-refractivity contribution in [3.8, 4) is 23.7 Å². The molecule has 3 atom stereocenters. The highest BCUT2D eigenvalue weighted by molar-refractivity contribution is 5.98. The van der Waals surface area contributed by atoms with Gasteiger partial charge in [0.15, 0.2) is 5.78 Å². The van der Waals surface area contributed by atoms with Crippen molar-refractivity contribution in [2.75, 3.05) is 18.5 Å². The molecule has 0 aliphatic carbocycles. The highest BCUT2D eigenvalue weighted by Gasteiger charge is 2.25. The monoisotopic (exact) mass is 473 g/mol. The number of benzene rings is 2. The minimum atomic E-state index is -1.18. The fourth-order valence-electron chi connectivity index (χ4n) is 3.48. The molecule has 180 valence electrons. The lowest BCUT2D eigenvalue weighted by molar-refractivity contribution is -0.126. The van der Waals surface area contributed by atoms with E-state index in [1.54, 1.807) is 36.4 Å². The molecular weight excluding hydrogens is 446 g/mol. The lowest BCUT2D eigenvalue weighted by atomic mass is 10.1. The van der Waals surface area contributed by atoms with Crippen LogP contribution in [-0.4, -0.2) is 59.1 Å². The van der Waals surface area contributed by atoms with Gasteiger partial charge in [-0.3, -0.25) is 14.4 Å². The third-order valence-corrected chi connectivity index (χ3v) is 5.42. The Bertz CT molecular complexity index is 1180. The van der Waals surface area contributed by atoms with E-state index in [1.807, 2.05) is 12.1 Å². The van der Waals surface area contributed by atoms with Gasteiger partial charge in [-0.05, 0) is 86.7 Å². The summed E-state index contributed by atoms with van der Waals surface area (Å²) in [7, 11) is 0. The number of carbonyl (C=O) groups is 3. The van der Waals surface area contributed by atoms with Crippen LogP contribution in [0.15, 0.2) is 48.5 Å². The zero-order chi connectivity index (χ0) is 25.2. The lowest BCUT2D eigenvalue weighted by Gasteiger charge is -2.19. The molecule has 0 saturated carbocycles. The van der Waals surface area contributed by atoms with Crippen LogP contribution in [0.5, 0.6) is 0 Å². The van der Waals surface area contributed by atoms with Crippen LogP contribution in [0.3, 0.4) is 0 Å². The van der Waals surface area contributed by atoms with Crippen LogP contribution in [0, 0.1) is 23.7 Å². The first-order valence-electron chi connectivity index (χ1n) is 11.3. The maximum absolute atomic E-state index is 12.3. The second-order valence-electron chi connectivity index (χ2n) is 8.11. The smallest absolute Gasteiger partial charge is 0.251 e. The van der Waals surface area contributed by atoms with Crippen LogP contribution in [0.25, 0.3) is 0 Å². The zero-order valence-electron chi connectivity index (χ0n) is 19.3. The highest BCUT2D eigenvalue weighted by Crippen LogP contribution is 2.12. The van der Waals surface area contributed by atoms with Crippen molar-refractivity contribution in [1.29, 1.82) is 0 Å². The van der Waals surface area contributed by atoms with Crippen LogP contribution in [0.2, 0.25) is 0 Å². The first-order chi connectivity index (χ1) is 16.9. The normalized spacial score (nSPS) is 16.0. The number of nitrogens with one attached hydrogen (secondary N) is 3. The molecule has 2 aromatic rings. The van der Waals surface area contributed by atoms with Crippen molar-refractivity contribution < 1.29 is 24.6 Å². The van der Waals surface area contributed by atoms with Crippen molar-refractivity contribution in [3.63, 3.8) is 0 Å². The van der Waals surface area contributed by atoms with E-state index in [2.05, 4.69) is 39.6 Å². The summed E-state index contributed by atoms with van der Waals surface area (Å²) in [6.07, 6.45) is 0.718. The Kier molecular flexibility index (Phi) is 9.16. The summed E-state index contributed by atoms with van der Waals surface area (Å²) in [5.74, 6) is 10.1. The molecule has 1 saturated heterocycles. The van der Waals surface area contributed by atoms with Gasteiger partial charge in [0.1, 0.15) is 12.6 Å². The summed E-state index contributed by atoms with van der Waals surface area (Å²) >= 11 is 0. The molecule has 0 spiro atoms. The fraction of sp³-hybridized carbons (Fsp3) is 0.296. The third-order valence-electron chi connectivity index (χ3n) is 5.42. The van der Waals surface area contributed by atoms with E-state index in [4.69, 9.17) is 5.11 Å². The van der Waals surface area contributed by atoms with E-state index in [9.17, 15) is 19.5 Å². The molecular formula is C27H27N3O5. The SMILES string of the molecule is C[C@@H](O)[C@H](NC(=O)c1ccc(C#CC#Cc2ccc(NC(=O)[C@@H]3CCCN3)cc2)cc1)C(=O)CO. The number of hydrogen-bond donors (Lipinski definition) is 5. The van der Waals surface area contributed by atoms with E-state index >= 15 is 0 Å². The van der Waals surface area contributed by atoms with Gasteiger partial charge in [-0.15, -0.1) is 0 Å². The van der Waals surface area contributed by atoms with E-state index in [0.717, 1.165) is 24.9 Å². The molecule has 0 aromatic heterocycles. The van der Waals surface area contributed by atoms with Crippen LogP contribution < -0.4 is 16.0 Å². The Labute approximate surface area is 204 Å². The van der Waals surface area contributed by atoms with Crippen LogP contribution in [-0.2, 0) is 9.59 Å². The van der Waals surface area contributed by atoms with Crippen LogP contribution in [0.4, 0.5) is 5.69 Å². The number of Topliss-reactive ketones (excluding diaryl/α,β-unsaturated/α-hetero) is 1. The summed E-state index contributed by atoms with van der Waals surface area (Å²) in [4.78, 5) is 36.1. The average molecular weight is 474 g/mol. The van der Waals surface area contributed by atoms with Crippen LogP contribution in [0.1, 0.15) is 41.3 Å². The third kappa shape index (κ3) is 7.53. The maximum atomic E-state index is 12.3. The summed E-state index contributed by atoms with van der Waals surface area (Å²) < 4.78 is 0. The molecule has 2 amide bonds. The number of carbonyl (C=O) groups excluding carboxylic acids is 3. The van der Waals surface area contributed by atoms with Gasteiger partial charge in [-0.25, -0.2) is 0 Å². The molecule has 2 aromatic carbocycles. The quantitative estimate of drug-likeness (QED) is 0.379. The molecule has 0 bridgehead atoms. The van der Waals surface area contributed by atoms with Crippen LogP contribution >= 0.6 is 0 Å². The zero-order valence-corrected chi connectivity index (χ0v) is 19.3. The maximum Gasteiger partial charge on any atom is 0.251 e. The number of amides is 2.